The second kappa shape index (κ2) is 9.05. The number of hydrogen-bond donors (Lipinski definition) is 2. The molecule has 0 unspecified atom stereocenters. The number of benzene rings is 2. The molecule has 1 aromatic heterocycles. The molecule has 1 heterocycles. The highest BCUT2D eigenvalue weighted by atomic mass is 16.5. The Kier molecular flexibility index (Phi) is 6.28. The van der Waals surface area contributed by atoms with Gasteiger partial charge in [0.25, 0.3) is 5.91 Å². The van der Waals surface area contributed by atoms with E-state index in [9.17, 15) is 4.79 Å². The molecule has 0 fully saturated rings. The number of quaternary nitrogens is 1. The van der Waals surface area contributed by atoms with E-state index in [2.05, 4.69) is 5.32 Å². The molecule has 140 valence electrons. The summed E-state index contributed by atoms with van der Waals surface area (Å²) in [6.07, 6.45) is 1.66. The SMILES string of the molecule is COc1ccc(CNC(=O)[C@@H](C)[NH2+][C@@H](c2ccccc2)c2ccco2)cc1. The van der Waals surface area contributed by atoms with Crippen molar-refractivity contribution >= 4 is 5.91 Å². The van der Waals surface area contributed by atoms with Gasteiger partial charge in [-0.2, -0.15) is 0 Å². The van der Waals surface area contributed by atoms with Crippen LogP contribution in [0, 0.1) is 0 Å². The fourth-order valence-electron chi connectivity index (χ4n) is 2.97. The normalized spacial score (nSPS) is 13.0. The van der Waals surface area contributed by atoms with Crippen molar-refractivity contribution in [3.63, 3.8) is 0 Å². The maximum Gasteiger partial charge on any atom is 0.278 e. The van der Waals surface area contributed by atoms with Gasteiger partial charge >= 0.3 is 0 Å². The number of nitrogens with one attached hydrogen (secondary N) is 1. The molecule has 3 N–H and O–H groups in total. The van der Waals surface area contributed by atoms with Gasteiger partial charge in [-0.05, 0) is 36.8 Å². The molecule has 0 aliphatic rings. The summed E-state index contributed by atoms with van der Waals surface area (Å²) < 4.78 is 10.8. The van der Waals surface area contributed by atoms with Crippen molar-refractivity contribution in [2.45, 2.75) is 25.6 Å². The van der Waals surface area contributed by atoms with E-state index in [1.54, 1.807) is 13.4 Å². The maximum atomic E-state index is 12.6. The summed E-state index contributed by atoms with van der Waals surface area (Å²) in [6, 6.07) is 21.2. The molecule has 0 aliphatic heterocycles. The third-order valence-corrected chi connectivity index (χ3v) is 4.53. The number of ether oxygens (including phenoxy) is 1. The predicted molar refractivity (Wildman–Crippen MR) is 103 cm³/mol. The number of rotatable bonds is 8. The zero-order valence-corrected chi connectivity index (χ0v) is 15.6. The zero-order valence-electron chi connectivity index (χ0n) is 15.6. The number of furan rings is 1. The molecule has 2 atom stereocenters. The van der Waals surface area contributed by atoms with Crippen LogP contribution in [0.2, 0.25) is 0 Å². The number of carbonyl (C=O) groups excluding carboxylic acids is 1. The van der Waals surface area contributed by atoms with Gasteiger partial charge in [0.05, 0.1) is 13.4 Å². The Morgan fingerprint density at radius 1 is 1.07 bits per heavy atom. The Hall–Kier alpha value is -3.05. The van der Waals surface area contributed by atoms with Gasteiger partial charge in [0.15, 0.2) is 17.8 Å². The van der Waals surface area contributed by atoms with Gasteiger partial charge in [-0.1, -0.05) is 42.5 Å². The molecule has 0 bridgehead atoms. The Labute approximate surface area is 159 Å². The monoisotopic (exact) mass is 365 g/mol. The summed E-state index contributed by atoms with van der Waals surface area (Å²) in [4.78, 5) is 12.6. The van der Waals surface area contributed by atoms with E-state index in [1.807, 2.05) is 79.0 Å². The fourth-order valence-corrected chi connectivity index (χ4v) is 2.97. The van der Waals surface area contributed by atoms with Crippen LogP contribution >= 0.6 is 0 Å². The zero-order chi connectivity index (χ0) is 19.1. The van der Waals surface area contributed by atoms with Crippen LogP contribution in [0.1, 0.15) is 29.9 Å². The van der Waals surface area contributed by atoms with Crippen molar-refractivity contribution < 1.29 is 19.3 Å². The van der Waals surface area contributed by atoms with E-state index in [1.165, 1.54) is 0 Å². The quantitative estimate of drug-likeness (QED) is 0.645. The highest BCUT2D eigenvalue weighted by Gasteiger charge is 2.26. The molecule has 0 radical (unpaired) electrons. The molecule has 3 rings (SSSR count). The number of nitrogens with two attached hydrogens (primary N) is 1. The molecule has 0 spiro atoms. The number of carbonyl (C=O) groups is 1. The van der Waals surface area contributed by atoms with Gasteiger partial charge in [0, 0.05) is 12.1 Å². The van der Waals surface area contributed by atoms with Crippen molar-refractivity contribution in [1.82, 2.24) is 5.32 Å². The third-order valence-electron chi connectivity index (χ3n) is 4.53. The summed E-state index contributed by atoms with van der Waals surface area (Å²) >= 11 is 0. The van der Waals surface area contributed by atoms with Gasteiger partial charge in [-0.15, -0.1) is 0 Å². The molecule has 5 nitrogen and oxygen atoms in total. The van der Waals surface area contributed by atoms with Crippen LogP contribution in [0.15, 0.2) is 77.4 Å². The van der Waals surface area contributed by atoms with E-state index in [0.717, 1.165) is 22.6 Å². The second-order valence-electron chi connectivity index (χ2n) is 6.45. The Morgan fingerprint density at radius 3 is 2.44 bits per heavy atom. The van der Waals surface area contributed by atoms with Crippen LogP contribution in [-0.4, -0.2) is 19.1 Å². The number of hydrogen-bond acceptors (Lipinski definition) is 3. The molecule has 1 amide bonds. The first-order valence-corrected chi connectivity index (χ1v) is 9.01. The first-order valence-electron chi connectivity index (χ1n) is 9.01. The summed E-state index contributed by atoms with van der Waals surface area (Å²) in [5, 5.41) is 5.02. The minimum Gasteiger partial charge on any atom is -0.497 e. The summed E-state index contributed by atoms with van der Waals surface area (Å²) in [5.74, 6) is 1.62. The Balaban J connectivity index is 1.62. The average Bonchev–Trinajstić information content (AvgIpc) is 3.25. The fraction of sp³-hybridized carbons (Fsp3) is 0.227. The van der Waals surface area contributed by atoms with Crippen LogP contribution < -0.4 is 15.4 Å². The van der Waals surface area contributed by atoms with Crippen LogP contribution in [0.25, 0.3) is 0 Å². The van der Waals surface area contributed by atoms with Crippen LogP contribution in [-0.2, 0) is 11.3 Å². The number of methoxy groups -OCH3 is 1. The minimum absolute atomic E-state index is 0.0155. The average molecular weight is 365 g/mol. The van der Waals surface area contributed by atoms with Gasteiger partial charge in [0.2, 0.25) is 0 Å². The molecule has 5 heteroatoms. The predicted octanol–water partition coefficient (Wildman–Crippen LogP) is 2.65. The van der Waals surface area contributed by atoms with E-state index in [0.29, 0.717) is 6.54 Å². The lowest BCUT2D eigenvalue weighted by molar-refractivity contribution is -0.706. The standard InChI is InChI=1S/C22H24N2O3/c1-16(22(25)23-15-17-10-12-19(26-2)13-11-17)24-21(20-9-6-14-27-20)18-7-4-3-5-8-18/h3-14,16,21,24H,15H2,1-2H3,(H,23,25)/p+1/t16-,21+/m1/s1. The van der Waals surface area contributed by atoms with Crippen LogP contribution in [0.3, 0.4) is 0 Å². The third kappa shape index (κ3) is 4.99. The summed E-state index contributed by atoms with van der Waals surface area (Å²) in [6.45, 7) is 2.39. The highest BCUT2D eigenvalue weighted by molar-refractivity contribution is 5.79. The maximum absolute atomic E-state index is 12.6. The van der Waals surface area contributed by atoms with Crippen molar-refractivity contribution in [1.29, 1.82) is 0 Å². The van der Waals surface area contributed by atoms with E-state index >= 15 is 0 Å². The molecular formula is C22H25N2O3+. The van der Waals surface area contributed by atoms with Crippen molar-refractivity contribution in [2.24, 2.45) is 0 Å². The van der Waals surface area contributed by atoms with Gasteiger partial charge in [-0.25, -0.2) is 0 Å². The van der Waals surface area contributed by atoms with Gasteiger partial charge in [0.1, 0.15) is 5.75 Å². The first kappa shape index (κ1) is 18.7. The lowest BCUT2D eigenvalue weighted by atomic mass is 10.0. The summed E-state index contributed by atoms with van der Waals surface area (Å²) in [7, 11) is 1.64. The number of amides is 1. The molecule has 3 aromatic rings. The highest BCUT2D eigenvalue weighted by Crippen LogP contribution is 2.18. The molecule has 0 saturated heterocycles. The molecule has 0 saturated carbocycles. The van der Waals surface area contributed by atoms with Crippen LogP contribution in [0.5, 0.6) is 5.75 Å². The van der Waals surface area contributed by atoms with E-state index in [-0.39, 0.29) is 18.0 Å². The van der Waals surface area contributed by atoms with Crippen LogP contribution in [0.4, 0.5) is 0 Å². The van der Waals surface area contributed by atoms with Crippen molar-refractivity contribution in [2.75, 3.05) is 7.11 Å². The molecule has 27 heavy (non-hydrogen) atoms. The van der Waals surface area contributed by atoms with E-state index < -0.39 is 0 Å². The largest absolute Gasteiger partial charge is 0.497 e. The summed E-state index contributed by atoms with van der Waals surface area (Å²) in [5.41, 5.74) is 2.13. The Morgan fingerprint density at radius 2 is 1.81 bits per heavy atom. The Bertz CT molecular complexity index is 830. The van der Waals surface area contributed by atoms with Crippen molar-refractivity contribution in [3.05, 3.63) is 89.9 Å². The smallest absolute Gasteiger partial charge is 0.278 e. The minimum atomic E-state index is -0.265. The van der Waals surface area contributed by atoms with E-state index in [4.69, 9.17) is 9.15 Å². The molecule has 0 aliphatic carbocycles. The second-order valence-corrected chi connectivity index (χ2v) is 6.45. The lowest BCUT2D eigenvalue weighted by Crippen LogP contribution is -2.92. The molecular weight excluding hydrogens is 340 g/mol. The lowest BCUT2D eigenvalue weighted by Gasteiger charge is -2.18. The molecule has 2 aromatic carbocycles. The van der Waals surface area contributed by atoms with Gasteiger partial charge in [-0.3, -0.25) is 4.79 Å². The topological polar surface area (TPSA) is 68.1 Å². The van der Waals surface area contributed by atoms with Gasteiger partial charge < -0.3 is 19.8 Å². The first-order chi connectivity index (χ1) is 13.2. The van der Waals surface area contributed by atoms with Crippen molar-refractivity contribution in [3.8, 4) is 5.75 Å².